The number of aryl methyl sites for hydroxylation is 2. The van der Waals surface area contributed by atoms with Gasteiger partial charge in [0.05, 0.1) is 11.7 Å². The molecule has 1 fully saturated rings. The first-order valence-corrected chi connectivity index (χ1v) is 16.3. The third-order valence-electron chi connectivity index (χ3n) is 7.73. The number of hydrogen-bond acceptors (Lipinski definition) is 5. The second-order valence-corrected chi connectivity index (χ2v) is 12.5. The van der Waals surface area contributed by atoms with Crippen LogP contribution in [-0.4, -0.2) is 50.2 Å². The summed E-state index contributed by atoms with van der Waals surface area (Å²) >= 11 is 1.53. The SMILES string of the molecule is CCCc1ccc(C)cc1N1C(=NC(=O)NC(C)C(F)c2ccc(-c3ncn(-c4ccc(OC(F)(F)F)cc4)n3)cc2)SCCC1C. The molecule has 248 valence electrons. The summed E-state index contributed by atoms with van der Waals surface area (Å²) in [6.07, 6.45) is -1.99. The number of ether oxygens (including phenoxy) is 1. The number of benzene rings is 3. The van der Waals surface area contributed by atoms with Crippen LogP contribution in [0.25, 0.3) is 17.1 Å². The molecular weight excluding hydrogens is 632 g/mol. The fourth-order valence-electron chi connectivity index (χ4n) is 5.33. The Bertz CT molecular complexity index is 1710. The van der Waals surface area contributed by atoms with E-state index in [1.807, 2.05) is 6.92 Å². The van der Waals surface area contributed by atoms with Gasteiger partial charge in [0.15, 0.2) is 11.0 Å². The summed E-state index contributed by atoms with van der Waals surface area (Å²) < 4.78 is 58.2. The number of nitrogens with zero attached hydrogens (tertiary/aromatic N) is 5. The van der Waals surface area contributed by atoms with E-state index in [1.165, 1.54) is 52.6 Å². The number of carbonyl (C=O) groups is 1. The van der Waals surface area contributed by atoms with Crippen molar-refractivity contribution in [3.63, 3.8) is 0 Å². The number of aliphatic imine (C=N–C) groups is 1. The Morgan fingerprint density at radius 2 is 1.85 bits per heavy atom. The molecule has 8 nitrogen and oxygen atoms in total. The minimum absolute atomic E-state index is 0.157. The van der Waals surface area contributed by atoms with Gasteiger partial charge in [-0.05, 0) is 80.6 Å². The summed E-state index contributed by atoms with van der Waals surface area (Å²) in [5.41, 5.74) is 4.85. The molecule has 1 N–H and O–H groups in total. The van der Waals surface area contributed by atoms with Crippen molar-refractivity contribution in [1.29, 1.82) is 0 Å². The van der Waals surface area contributed by atoms with E-state index >= 15 is 4.39 Å². The van der Waals surface area contributed by atoms with Crippen LogP contribution in [0, 0.1) is 6.92 Å². The molecule has 1 aromatic heterocycles. The Hall–Kier alpha value is -4.39. The lowest BCUT2D eigenvalue weighted by molar-refractivity contribution is -0.274. The third-order valence-corrected chi connectivity index (χ3v) is 8.72. The summed E-state index contributed by atoms with van der Waals surface area (Å²) in [5.74, 6) is 0.838. The van der Waals surface area contributed by atoms with Gasteiger partial charge in [-0.15, -0.1) is 18.3 Å². The first-order chi connectivity index (χ1) is 22.4. The van der Waals surface area contributed by atoms with Gasteiger partial charge in [-0.2, -0.15) is 4.99 Å². The molecular formula is C34H36F4N6O2S. The highest BCUT2D eigenvalue weighted by Crippen LogP contribution is 2.33. The number of amidine groups is 1. The number of halogens is 4. The van der Waals surface area contributed by atoms with Crippen LogP contribution >= 0.6 is 11.8 Å². The molecule has 47 heavy (non-hydrogen) atoms. The molecule has 1 saturated heterocycles. The van der Waals surface area contributed by atoms with E-state index in [-0.39, 0.29) is 11.8 Å². The Balaban J connectivity index is 1.24. The Labute approximate surface area is 275 Å². The van der Waals surface area contributed by atoms with Crippen LogP contribution in [0.3, 0.4) is 0 Å². The molecule has 3 aromatic carbocycles. The van der Waals surface area contributed by atoms with Crippen molar-refractivity contribution in [2.45, 2.75) is 71.6 Å². The van der Waals surface area contributed by atoms with Crippen LogP contribution < -0.4 is 15.0 Å². The average molecular weight is 669 g/mol. The zero-order chi connectivity index (χ0) is 33.7. The Morgan fingerprint density at radius 1 is 1.13 bits per heavy atom. The largest absolute Gasteiger partial charge is 0.573 e. The maximum atomic E-state index is 15.6. The van der Waals surface area contributed by atoms with Crippen LogP contribution in [0.15, 0.2) is 78.0 Å². The number of nitrogens with one attached hydrogen (secondary N) is 1. The second-order valence-electron chi connectivity index (χ2n) is 11.4. The molecule has 1 aliphatic rings. The first kappa shape index (κ1) is 34.0. The fraction of sp³-hybridized carbons (Fsp3) is 0.353. The van der Waals surface area contributed by atoms with Gasteiger partial charge < -0.3 is 15.0 Å². The van der Waals surface area contributed by atoms with Crippen molar-refractivity contribution in [3.8, 4) is 22.8 Å². The molecule has 4 aromatic rings. The molecule has 2 heterocycles. The molecule has 0 saturated carbocycles. The maximum absolute atomic E-state index is 15.6. The molecule has 3 atom stereocenters. The lowest BCUT2D eigenvalue weighted by Gasteiger charge is -2.37. The quantitative estimate of drug-likeness (QED) is 0.180. The highest BCUT2D eigenvalue weighted by Gasteiger charge is 2.31. The lowest BCUT2D eigenvalue weighted by Crippen LogP contribution is -2.43. The van der Waals surface area contributed by atoms with Gasteiger partial charge in [-0.25, -0.2) is 18.9 Å². The summed E-state index contributed by atoms with van der Waals surface area (Å²) in [6, 6.07) is 16.8. The van der Waals surface area contributed by atoms with Crippen molar-refractivity contribution in [3.05, 3.63) is 89.7 Å². The second kappa shape index (κ2) is 14.6. The highest BCUT2D eigenvalue weighted by molar-refractivity contribution is 8.14. The van der Waals surface area contributed by atoms with Crippen molar-refractivity contribution < 1.29 is 27.1 Å². The smallest absolute Gasteiger partial charge is 0.406 e. The van der Waals surface area contributed by atoms with Gasteiger partial charge in [0.25, 0.3) is 0 Å². The predicted octanol–water partition coefficient (Wildman–Crippen LogP) is 8.59. The van der Waals surface area contributed by atoms with E-state index in [4.69, 9.17) is 0 Å². The third kappa shape index (κ3) is 8.51. The molecule has 0 radical (unpaired) electrons. The highest BCUT2D eigenvalue weighted by atomic mass is 32.2. The number of anilines is 1. The molecule has 0 spiro atoms. The number of alkyl halides is 4. The number of aromatic nitrogens is 3. The van der Waals surface area contributed by atoms with E-state index in [0.29, 0.717) is 27.8 Å². The van der Waals surface area contributed by atoms with Gasteiger partial charge in [0.1, 0.15) is 18.2 Å². The molecule has 13 heteroatoms. The summed E-state index contributed by atoms with van der Waals surface area (Å²) in [5, 5.41) is 7.70. The van der Waals surface area contributed by atoms with Crippen molar-refractivity contribution in [2.75, 3.05) is 10.7 Å². The van der Waals surface area contributed by atoms with Crippen LogP contribution in [-0.2, 0) is 6.42 Å². The normalized spacial score (nSPS) is 17.4. The van der Waals surface area contributed by atoms with E-state index < -0.39 is 24.6 Å². The predicted molar refractivity (Wildman–Crippen MR) is 177 cm³/mol. The molecule has 3 unspecified atom stereocenters. The summed E-state index contributed by atoms with van der Waals surface area (Å²) in [4.78, 5) is 23.9. The number of carbonyl (C=O) groups excluding carboxylic acids is 1. The Kier molecular flexibility index (Phi) is 10.5. The molecule has 0 aliphatic carbocycles. The molecule has 2 amide bonds. The molecule has 5 rings (SSSR count). The lowest BCUT2D eigenvalue weighted by atomic mass is 10.0. The minimum Gasteiger partial charge on any atom is -0.406 e. The van der Waals surface area contributed by atoms with Crippen LogP contribution in [0.1, 0.15) is 56.5 Å². The topological polar surface area (TPSA) is 84.6 Å². The standard InChI is InChI=1S/C34H36F4N6O2S/c1-5-6-24-8-7-21(2)19-29(24)44-22(3)17-18-47-33(44)41-32(45)40-23(4)30(35)25-9-11-26(12-10-25)31-39-20-43(42-31)27-13-15-28(16-14-27)46-34(36,37)38/h7-16,19-20,22-23,30H,5-6,17-18H2,1-4H3,(H,40,45). The maximum Gasteiger partial charge on any atom is 0.573 e. The summed E-state index contributed by atoms with van der Waals surface area (Å²) in [7, 11) is 0. The van der Waals surface area contributed by atoms with Gasteiger partial charge in [0.2, 0.25) is 0 Å². The summed E-state index contributed by atoms with van der Waals surface area (Å²) in [6.45, 7) is 7.91. The van der Waals surface area contributed by atoms with E-state index in [9.17, 15) is 18.0 Å². The molecule has 0 bridgehead atoms. The minimum atomic E-state index is -4.78. The molecule has 1 aliphatic heterocycles. The number of thioether (sulfide) groups is 1. The van der Waals surface area contributed by atoms with Crippen LogP contribution in [0.4, 0.5) is 28.0 Å². The van der Waals surface area contributed by atoms with Crippen molar-refractivity contribution in [2.24, 2.45) is 4.99 Å². The zero-order valence-electron chi connectivity index (χ0n) is 26.5. The number of urea groups is 1. The van der Waals surface area contributed by atoms with Gasteiger partial charge >= 0.3 is 12.4 Å². The van der Waals surface area contributed by atoms with Crippen molar-refractivity contribution in [1.82, 2.24) is 20.1 Å². The van der Waals surface area contributed by atoms with Crippen LogP contribution in [0.2, 0.25) is 0 Å². The number of rotatable bonds is 9. The number of amides is 2. The first-order valence-electron chi connectivity index (χ1n) is 15.3. The van der Waals surface area contributed by atoms with Crippen molar-refractivity contribution >= 4 is 28.6 Å². The van der Waals surface area contributed by atoms with Gasteiger partial charge in [0, 0.05) is 23.0 Å². The number of hydrogen-bond donors (Lipinski definition) is 1. The van der Waals surface area contributed by atoms with E-state index in [2.05, 4.69) is 62.1 Å². The monoisotopic (exact) mass is 668 g/mol. The van der Waals surface area contributed by atoms with Gasteiger partial charge in [-0.3, -0.25) is 0 Å². The van der Waals surface area contributed by atoms with E-state index in [1.54, 1.807) is 31.2 Å². The fourth-order valence-corrected chi connectivity index (χ4v) is 6.53. The Morgan fingerprint density at radius 3 is 2.53 bits per heavy atom. The average Bonchev–Trinajstić information content (AvgIpc) is 3.52. The van der Waals surface area contributed by atoms with Gasteiger partial charge in [-0.1, -0.05) is 61.5 Å². The zero-order valence-corrected chi connectivity index (χ0v) is 27.3. The van der Waals surface area contributed by atoms with Crippen LogP contribution in [0.5, 0.6) is 5.75 Å². The van der Waals surface area contributed by atoms with E-state index in [0.717, 1.165) is 36.3 Å².